The van der Waals surface area contributed by atoms with E-state index < -0.39 is 5.97 Å². The molecule has 0 spiro atoms. The number of carbonyl (C=O) groups is 2. The summed E-state index contributed by atoms with van der Waals surface area (Å²) in [6.45, 7) is 5.53. The fourth-order valence-electron chi connectivity index (χ4n) is 1.77. The minimum atomic E-state index is -1.06. The second-order valence-corrected chi connectivity index (χ2v) is 5.57. The van der Waals surface area contributed by atoms with Crippen LogP contribution in [0.15, 0.2) is 12.3 Å². The lowest BCUT2D eigenvalue weighted by Gasteiger charge is -2.02. The fraction of sp³-hybridized carbons (Fsp3) is 0.231. The summed E-state index contributed by atoms with van der Waals surface area (Å²) >= 11 is 1.39. The predicted molar refractivity (Wildman–Crippen MR) is 74.2 cm³/mol. The molecule has 0 radical (unpaired) electrons. The summed E-state index contributed by atoms with van der Waals surface area (Å²) in [6, 6.07) is 1.80. The molecule has 2 aromatic heterocycles. The summed E-state index contributed by atoms with van der Waals surface area (Å²) in [4.78, 5) is 27.6. The van der Waals surface area contributed by atoms with Crippen molar-refractivity contribution >= 4 is 28.9 Å². The average molecular weight is 278 g/mol. The zero-order valence-electron chi connectivity index (χ0n) is 10.8. The summed E-state index contributed by atoms with van der Waals surface area (Å²) < 4.78 is 0. The molecule has 1 amide bonds. The molecule has 5 nitrogen and oxygen atoms in total. The van der Waals surface area contributed by atoms with E-state index in [9.17, 15) is 9.59 Å². The lowest BCUT2D eigenvalue weighted by atomic mass is 10.2. The van der Waals surface area contributed by atoms with Crippen LogP contribution in [0.1, 0.15) is 36.2 Å². The second-order valence-electron chi connectivity index (χ2n) is 4.31. The largest absolute Gasteiger partial charge is 0.478 e. The van der Waals surface area contributed by atoms with Crippen molar-refractivity contribution in [2.24, 2.45) is 0 Å². The number of thiophene rings is 1. The molecular weight excluding hydrogens is 264 g/mol. The third-order valence-electron chi connectivity index (χ3n) is 2.93. The number of aromatic nitrogens is 1. The van der Waals surface area contributed by atoms with Crippen LogP contribution in [0.25, 0.3) is 0 Å². The van der Waals surface area contributed by atoms with E-state index in [2.05, 4.69) is 10.3 Å². The Hall–Kier alpha value is -2.08. The third kappa shape index (κ3) is 2.53. The number of carbonyl (C=O) groups excluding carboxylic acids is 1. The Bertz CT molecular complexity index is 635. The second kappa shape index (κ2) is 4.89. The molecule has 0 saturated heterocycles. The first-order valence-electron chi connectivity index (χ1n) is 5.69. The molecule has 19 heavy (non-hydrogen) atoms. The number of hydrogen-bond donors (Lipinski definition) is 3. The van der Waals surface area contributed by atoms with E-state index in [-0.39, 0.29) is 11.5 Å². The molecule has 0 aliphatic carbocycles. The van der Waals surface area contributed by atoms with Gasteiger partial charge in [0.25, 0.3) is 5.91 Å². The van der Waals surface area contributed by atoms with Gasteiger partial charge in [0.1, 0.15) is 5.56 Å². The average Bonchev–Trinajstić information content (AvgIpc) is 2.84. The summed E-state index contributed by atoms with van der Waals surface area (Å²) in [5.74, 6) is -1.35. The summed E-state index contributed by atoms with van der Waals surface area (Å²) in [7, 11) is 0. The number of H-pyrrole nitrogens is 1. The quantitative estimate of drug-likeness (QED) is 0.807. The number of aryl methyl sites for hydroxylation is 3. The molecule has 6 heteroatoms. The van der Waals surface area contributed by atoms with E-state index in [0.29, 0.717) is 16.3 Å². The number of anilines is 1. The molecule has 0 saturated carbocycles. The van der Waals surface area contributed by atoms with Crippen molar-refractivity contribution in [1.29, 1.82) is 0 Å². The Labute approximate surface area is 114 Å². The monoisotopic (exact) mass is 278 g/mol. The van der Waals surface area contributed by atoms with Gasteiger partial charge in [-0.25, -0.2) is 4.79 Å². The number of aromatic carboxylic acids is 1. The Morgan fingerprint density at radius 3 is 2.53 bits per heavy atom. The number of carboxylic acids is 1. The van der Waals surface area contributed by atoms with Gasteiger partial charge in [0.15, 0.2) is 0 Å². The van der Waals surface area contributed by atoms with Crippen LogP contribution >= 0.6 is 11.3 Å². The molecule has 0 fully saturated rings. The molecule has 100 valence electrons. The molecule has 0 unspecified atom stereocenters. The van der Waals surface area contributed by atoms with E-state index in [4.69, 9.17) is 5.11 Å². The number of aromatic amines is 1. The maximum absolute atomic E-state index is 12.1. The van der Waals surface area contributed by atoms with Gasteiger partial charge >= 0.3 is 5.97 Å². The molecule has 0 aliphatic rings. The molecule has 0 atom stereocenters. The number of amides is 1. The number of rotatable bonds is 3. The van der Waals surface area contributed by atoms with Gasteiger partial charge in [-0.15, -0.1) is 11.3 Å². The van der Waals surface area contributed by atoms with E-state index in [0.717, 1.165) is 10.4 Å². The van der Waals surface area contributed by atoms with Crippen molar-refractivity contribution in [1.82, 2.24) is 4.98 Å². The molecule has 0 bridgehead atoms. The Morgan fingerprint density at radius 2 is 2.00 bits per heavy atom. The van der Waals surface area contributed by atoms with Gasteiger partial charge in [0, 0.05) is 16.8 Å². The Balaban J connectivity index is 2.27. The third-order valence-corrected chi connectivity index (χ3v) is 4.08. The van der Waals surface area contributed by atoms with E-state index in [1.165, 1.54) is 17.5 Å². The highest BCUT2D eigenvalue weighted by atomic mass is 32.1. The molecular formula is C13H14N2O3S. The molecule has 0 aliphatic heterocycles. The van der Waals surface area contributed by atoms with Crippen LogP contribution in [0.2, 0.25) is 0 Å². The summed E-state index contributed by atoms with van der Waals surface area (Å²) in [6.07, 6.45) is 1.49. The van der Waals surface area contributed by atoms with E-state index >= 15 is 0 Å². The summed E-state index contributed by atoms with van der Waals surface area (Å²) in [5.41, 5.74) is 1.96. The maximum Gasteiger partial charge on any atom is 0.339 e. The molecule has 2 aromatic rings. The molecule has 2 heterocycles. The lowest BCUT2D eigenvalue weighted by molar-refractivity contribution is 0.0697. The van der Waals surface area contributed by atoms with Crippen LogP contribution in [-0.2, 0) is 0 Å². The Kier molecular flexibility index (Phi) is 3.44. The first-order chi connectivity index (χ1) is 8.90. The van der Waals surface area contributed by atoms with Crippen molar-refractivity contribution in [2.45, 2.75) is 20.8 Å². The number of hydrogen-bond acceptors (Lipinski definition) is 3. The van der Waals surface area contributed by atoms with Gasteiger partial charge in [-0.2, -0.15) is 0 Å². The first kappa shape index (κ1) is 13.4. The normalized spacial score (nSPS) is 10.5. The van der Waals surface area contributed by atoms with Gasteiger partial charge in [-0.1, -0.05) is 0 Å². The fourth-order valence-corrected chi connectivity index (χ4v) is 2.70. The highest BCUT2D eigenvalue weighted by molar-refractivity contribution is 7.14. The number of nitrogens with one attached hydrogen (secondary N) is 2. The lowest BCUT2D eigenvalue weighted by Crippen LogP contribution is -2.12. The van der Waals surface area contributed by atoms with Gasteiger partial charge in [0.05, 0.1) is 10.6 Å². The van der Waals surface area contributed by atoms with Crippen molar-refractivity contribution in [3.8, 4) is 0 Å². The zero-order chi connectivity index (χ0) is 14.2. The van der Waals surface area contributed by atoms with Crippen LogP contribution in [0.5, 0.6) is 0 Å². The molecule has 2 rings (SSSR count). The van der Waals surface area contributed by atoms with Crippen molar-refractivity contribution in [2.75, 3.05) is 5.32 Å². The van der Waals surface area contributed by atoms with Crippen LogP contribution in [-0.4, -0.2) is 22.0 Å². The molecule has 0 aromatic carbocycles. The molecule has 3 N–H and O–H groups in total. The maximum atomic E-state index is 12.1. The van der Waals surface area contributed by atoms with Crippen molar-refractivity contribution < 1.29 is 14.7 Å². The zero-order valence-corrected chi connectivity index (χ0v) is 11.6. The van der Waals surface area contributed by atoms with Gasteiger partial charge in [-0.3, -0.25) is 4.79 Å². The minimum Gasteiger partial charge on any atom is -0.478 e. The Morgan fingerprint density at radius 1 is 1.32 bits per heavy atom. The van der Waals surface area contributed by atoms with E-state index in [1.54, 1.807) is 13.0 Å². The smallest absolute Gasteiger partial charge is 0.339 e. The van der Waals surface area contributed by atoms with E-state index in [1.807, 2.05) is 13.8 Å². The van der Waals surface area contributed by atoms with Crippen molar-refractivity contribution in [3.05, 3.63) is 38.8 Å². The standard InChI is InChI=1S/C13H14N2O3S/c1-6-4-10(19-8(6)3)12(16)15-9-5-14-7(2)11(9)13(17)18/h4-5,14H,1-3H3,(H,15,16)(H,17,18). The SMILES string of the molecule is Cc1cc(C(=O)Nc2c[nH]c(C)c2C(=O)O)sc1C. The highest BCUT2D eigenvalue weighted by Gasteiger charge is 2.18. The van der Waals surface area contributed by atoms with Crippen LogP contribution in [0.3, 0.4) is 0 Å². The van der Waals surface area contributed by atoms with Gasteiger partial charge in [0.2, 0.25) is 0 Å². The van der Waals surface area contributed by atoms with Crippen molar-refractivity contribution in [3.63, 3.8) is 0 Å². The van der Waals surface area contributed by atoms with Crippen LogP contribution in [0.4, 0.5) is 5.69 Å². The first-order valence-corrected chi connectivity index (χ1v) is 6.51. The highest BCUT2D eigenvalue weighted by Crippen LogP contribution is 2.24. The van der Waals surface area contributed by atoms with Gasteiger partial charge < -0.3 is 15.4 Å². The van der Waals surface area contributed by atoms with Gasteiger partial charge in [-0.05, 0) is 32.4 Å². The summed E-state index contributed by atoms with van der Waals surface area (Å²) in [5, 5.41) is 11.7. The number of carboxylic acid groups (broad SMARTS) is 1. The van der Waals surface area contributed by atoms with Crippen LogP contribution in [0, 0.1) is 20.8 Å². The predicted octanol–water partition coefficient (Wildman–Crippen LogP) is 2.95. The van der Waals surface area contributed by atoms with Crippen LogP contribution < -0.4 is 5.32 Å². The topological polar surface area (TPSA) is 82.2 Å². The minimum absolute atomic E-state index is 0.0957.